The first kappa shape index (κ1) is 15.2. The summed E-state index contributed by atoms with van der Waals surface area (Å²) >= 11 is 1.78. The Morgan fingerprint density at radius 3 is 2.78 bits per heavy atom. The maximum Gasteiger partial charge on any atom is 0.311 e. The van der Waals surface area contributed by atoms with Gasteiger partial charge in [-0.1, -0.05) is 0 Å². The van der Waals surface area contributed by atoms with Gasteiger partial charge in [-0.15, -0.1) is 0 Å². The summed E-state index contributed by atoms with van der Waals surface area (Å²) in [6, 6.07) is 1.56. The highest BCUT2D eigenvalue weighted by Gasteiger charge is 2.18. The fourth-order valence-electron chi connectivity index (χ4n) is 1.41. The van der Waals surface area contributed by atoms with Gasteiger partial charge in [0.25, 0.3) is 6.43 Å². The molecule has 0 saturated carbocycles. The molecule has 0 aliphatic carbocycles. The van der Waals surface area contributed by atoms with Crippen LogP contribution in [0.2, 0.25) is 0 Å². The van der Waals surface area contributed by atoms with E-state index in [2.05, 4.69) is 4.98 Å². The summed E-state index contributed by atoms with van der Waals surface area (Å²) in [4.78, 5) is 15.1. The lowest BCUT2D eigenvalue weighted by molar-refractivity contribution is -0.142. The maximum absolute atomic E-state index is 12.8. The third kappa shape index (κ3) is 3.84. The summed E-state index contributed by atoms with van der Waals surface area (Å²) in [5, 5.41) is 0. The third-order valence-electron chi connectivity index (χ3n) is 2.17. The number of nitrogens with zero attached hydrogens (tertiary/aromatic N) is 1. The van der Waals surface area contributed by atoms with E-state index in [9.17, 15) is 13.6 Å². The first-order valence-electron chi connectivity index (χ1n) is 5.31. The van der Waals surface area contributed by atoms with E-state index in [4.69, 9.17) is 10.5 Å². The van der Waals surface area contributed by atoms with Crippen molar-refractivity contribution in [1.29, 1.82) is 0 Å². The predicted octanol–water partition coefficient (Wildman–Crippen LogP) is 2.19. The molecule has 0 atom stereocenters. The van der Waals surface area contributed by atoms with Crippen molar-refractivity contribution < 1.29 is 18.3 Å². The summed E-state index contributed by atoms with van der Waals surface area (Å²) in [6.07, 6.45) is -2.82. The van der Waals surface area contributed by atoms with Crippen LogP contribution in [0.1, 0.15) is 30.3 Å². The molecule has 1 aromatic heterocycles. The van der Waals surface area contributed by atoms with Gasteiger partial charge in [0.05, 0.1) is 18.7 Å². The molecule has 1 rings (SSSR count). The first-order valence-corrected chi connectivity index (χ1v) is 6.39. The number of alkyl halides is 2. The zero-order valence-corrected chi connectivity index (χ0v) is 11.9. The van der Waals surface area contributed by atoms with Crippen molar-refractivity contribution in [2.75, 3.05) is 6.61 Å². The van der Waals surface area contributed by atoms with Gasteiger partial charge in [0.1, 0.15) is 5.69 Å². The minimum Gasteiger partial charge on any atom is -0.466 e. The molecule has 0 aliphatic heterocycles. The van der Waals surface area contributed by atoms with Crippen molar-refractivity contribution in [1.82, 2.24) is 4.98 Å². The van der Waals surface area contributed by atoms with E-state index in [1.54, 1.807) is 35.6 Å². The molecule has 0 spiro atoms. The molecule has 0 radical (unpaired) electrons. The van der Waals surface area contributed by atoms with Crippen molar-refractivity contribution >= 4 is 28.6 Å². The molecular weight excluding hydrogens is 357 g/mol. The van der Waals surface area contributed by atoms with Crippen LogP contribution in [0.4, 0.5) is 8.78 Å². The number of esters is 1. The van der Waals surface area contributed by atoms with Gasteiger partial charge in [-0.2, -0.15) is 0 Å². The molecule has 0 bridgehead atoms. The number of aromatic nitrogens is 1. The molecule has 4 nitrogen and oxygen atoms in total. The fourth-order valence-corrected chi connectivity index (χ4v) is 2.14. The first-order chi connectivity index (χ1) is 8.49. The van der Waals surface area contributed by atoms with Gasteiger partial charge in [0, 0.05) is 10.1 Å². The van der Waals surface area contributed by atoms with Crippen molar-refractivity contribution in [3.8, 4) is 0 Å². The summed E-state index contributed by atoms with van der Waals surface area (Å²) in [6.45, 7) is 2.04. The summed E-state index contributed by atoms with van der Waals surface area (Å²) in [7, 11) is 0. The Bertz CT molecular complexity index is 441. The van der Waals surface area contributed by atoms with Gasteiger partial charge in [0.15, 0.2) is 0 Å². The molecule has 100 valence electrons. The van der Waals surface area contributed by atoms with Crippen LogP contribution in [0.25, 0.3) is 0 Å². The maximum atomic E-state index is 12.8. The molecule has 0 saturated heterocycles. The average Bonchev–Trinajstić information content (AvgIpc) is 2.31. The van der Waals surface area contributed by atoms with E-state index in [0.717, 1.165) is 0 Å². The minimum absolute atomic E-state index is 0.121. The number of pyridine rings is 1. The fraction of sp³-hybridized carbons (Fsp3) is 0.455. The topological polar surface area (TPSA) is 65.2 Å². The van der Waals surface area contributed by atoms with Crippen molar-refractivity contribution in [3.63, 3.8) is 0 Å². The molecule has 18 heavy (non-hydrogen) atoms. The van der Waals surface area contributed by atoms with Gasteiger partial charge in [0.2, 0.25) is 0 Å². The van der Waals surface area contributed by atoms with E-state index in [1.165, 1.54) is 0 Å². The Kier molecular flexibility index (Phi) is 5.86. The Morgan fingerprint density at radius 2 is 2.28 bits per heavy atom. The Labute approximate surface area is 117 Å². The third-order valence-corrected chi connectivity index (χ3v) is 3.41. The average molecular weight is 370 g/mol. The lowest BCUT2D eigenvalue weighted by Crippen LogP contribution is -2.13. The second-order valence-electron chi connectivity index (χ2n) is 3.46. The van der Waals surface area contributed by atoms with Gasteiger partial charge >= 0.3 is 5.97 Å². The molecule has 2 N–H and O–H groups in total. The number of carbonyl (C=O) groups excluding carboxylic acids is 1. The molecule has 0 aromatic carbocycles. The number of hydrogen-bond donors (Lipinski definition) is 1. The Balaban J connectivity index is 3.06. The van der Waals surface area contributed by atoms with E-state index in [0.29, 0.717) is 9.13 Å². The second kappa shape index (κ2) is 6.93. The Morgan fingerprint density at radius 1 is 1.61 bits per heavy atom. The second-order valence-corrected chi connectivity index (χ2v) is 4.54. The molecule has 1 aromatic rings. The molecule has 0 fully saturated rings. The number of nitrogens with two attached hydrogens (primary N) is 1. The normalized spacial score (nSPS) is 10.8. The van der Waals surface area contributed by atoms with E-state index < -0.39 is 12.4 Å². The summed E-state index contributed by atoms with van der Waals surface area (Å²) < 4.78 is 30.7. The highest BCUT2D eigenvalue weighted by molar-refractivity contribution is 14.1. The highest BCUT2D eigenvalue weighted by atomic mass is 127. The van der Waals surface area contributed by atoms with E-state index in [1.807, 2.05) is 0 Å². The lowest BCUT2D eigenvalue weighted by atomic mass is 10.1. The van der Waals surface area contributed by atoms with Gasteiger partial charge in [-0.25, -0.2) is 8.78 Å². The van der Waals surface area contributed by atoms with Crippen LogP contribution in [0.5, 0.6) is 0 Å². The summed E-state index contributed by atoms with van der Waals surface area (Å²) in [5.41, 5.74) is 5.96. The van der Waals surface area contributed by atoms with Crippen molar-refractivity contribution in [3.05, 3.63) is 26.6 Å². The standard InChI is InChI=1S/C11H13F2IN2O2/c1-2-18-8(17)4-7-3-6(5-15)9(14)10(16-7)11(12)13/h3,11H,2,4-5,15H2,1H3. The number of carbonyl (C=O) groups is 1. The highest BCUT2D eigenvalue weighted by Crippen LogP contribution is 2.26. The molecule has 7 heteroatoms. The van der Waals surface area contributed by atoms with Crippen LogP contribution in [0.3, 0.4) is 0 Å². The number of ether oxygens (including phenoxy) is 1. The number of hydrogen-bond acceptors (Lipinski definition) is 4. The quantitative estimate of drug-likeness (QED) is 0.638. The smallest absolute Gasteiger partial charge is 0.311 e. The molecular formula is C11H13F2IN2O2. The molecule has 1 heterocycles. The monoisotopic (exact) mass is 370 g/mol. The van der Waals surface area contributed by atoms with Crippen molar-refractivity contribution in [2.24, 2.45) is 5.73 Å². The van der Waals surface area contributed by atoms with E-state index in [-0.39, 0.29) is 31.0 Å². The minimum atomic E-state index is -2.69. The van der Waals surface area contributed by atoms with Crippen LogP contribution in [-0.2, 0) is 22.5 Å². The summed E-state index contributed by atoms with van der Waals surface area (Å²) in [5.74, 6) is -0.491. The van der Waals surface area contributed by atoms with Gasteiger partial charge in [-0.3, -0.25) is 9.78 Å². The Hall–Kier alpha value is -0.830. The zero-order valence-electron chi connectivity index (χ0n) is 9.75. The largest absolute Gasteiger partial charge is 0.466 e. The predicted molar refractivity (Wildman–Crippen MR) is 70.1 cm³/mol. The SMILES string of the molecule is CCOC(=O)Cc1cc(CN)c(I)c(C(F)F)n1. The number of halogens is 3. The molecule has 0 aliphatic rings. The zero-order chi connectivity index (χ0) is 13.7. The van der Waals surface area contributed by atoms with Gasteiger partial charge < -0.3 is 10.5 Å². The molecule has 0 amide bonds. The van der Waals surface area contributed by atoms with Crippen LogP contribution >= 0.6 is 22.6 Å². The van der Waals surface area contributed by atoms with Crippen molar-refractivity contribution in [2.45, 2.75) is 26.3 Å². The number of rotatable bonds is 5. The van der Waals surface area contributed by atoms with Crippen LogP contribution in [0.15, 0.2) is 6.07 Å². The van der Waals surface area contributed by atoms with Crippen LogP contribution < -0.4 is 5.73 Å². The van der Waals surface area contributed by atoms with Crippen LogP contribution in [0, 0.1) is 3.57 Å². The molecule has 0 unspecified atom stereocenters. The van der Waals surface area contributed by atoms with Gasteiger partial charge in [-0.05, 0) is 41.1 Å². The lowest BCUT2D eigenvalue weighted by Gasteiger charge is -2.10. The van der Waals surface area contributed by atoms with Crippen LogP contribution in [-0.4, -0.2) is 17.6 Å². The van der Waals surface area contributed by atoms with E-state index >= 15 is 0 Å².